The number of benzene rings is 3. The summed E-state index contributed by atoms with van der Waals surface area (Å²) in [4.78, 5) is 0. The molecule has 0 aliphatic carbocycles. The molecule has 0 spiro atoms. The minimum Gasteiger partial charge on any atom is -0.497 e. The van der Waals surface area contributed by atoms with Gasteiger partial charge >= 0.3 is 0 Å². The standard InChI is InChI=1S/C23H22Cl2FNO2/c1-28-19-8-5-16(6-9-19)11-12-27-14-17-13-18(24)7-10-23(17)29-15-20-21(25)3-2-4-22(20)26/h2-10,13,27H,11-12,14-15H2,1H3. The van der Waals surface area contributed by atoms with Crippen molar-refractivity contribution in [2.75, 3.05) is 13.7 Å². The van der Waals surface area contributed by atoms with Gasteiger partial charge in [-0.1, -0.05) is 41.4 Å². The lowest BCUT2D eigenvalue weighted by molar-refractivity contribution is 0.296. The van der Waals surface area contributed by atoms with E-state index in [1.54, 1.807) is 31.4 Å². The SMILES string of the molecule is COc1ccc(CCNCc2cc(Cl)ccc2OCc2c(F)cccc2Cl)cc1. The fraction of sp³-hybridized carbons (Fsp3) is 0.217. The van der Waals surface area contributed by atoms with E-state index in [2.05, 4.69) is 5.32 Å². The molecule has 0 heterocycles. The molecule has 0 bridgehead atoms. The lowest BCUT2D eigenvalue weighted by Gasteiger charge is -2.14. The summed E-state index contributed by atoms with van der Waals surface area (Å²) in [7, 11) is 1.65. The van der Waals surface area contributed by atoms with Crippen molar-refractivity contribution in [1.82, 2.24) is 5.32 Å². The van der Waals surface area contributed by atoms with Crippen LogP contribution < -0.4 is 14.8 Å². The van der Waals surface area contributed by atoms with Crippen molar-refractivity contribution < 1.29 is 13.9 Å². The van der Waals surface area contributed by atoms with Crippen LogP contribution in [0.3, 0.4) is 0 Å². The summed E-state index contributed by atoms with van der Waals surface area (Å²) in [5, 5.41) is 4.36. The van der Waals surface area contributed by atoms with E-state index in [1.807, 2.05) is 30.3 Å². The quantitative estimate of drug-likeness (QED) is 0.416. The van der Waals surface area contributed by atoms with Crippen LogP contribution >= 0.6 is 23.2 Å². The van der Waals surface area contributed by atoms with E-state index >= 15 is 0 Å². The second-order valence-corrected chi connectivity index (χ2v) is 7.36. The molecule has 3 aromatic carbocycles. The Morgan fingerprint density at radius 2 is 1.79 bits per heavy atom. The molecule has 0 unspecified atom stereocenters. The van der Waals surface area contributed by atoms with E-state index in [4.69, 9.17) is 32.7 Å². The molecule has 0 fully saturated rings. The molecule has 152 valence electrons. The highest BCUT2D eigenvalue weighted by molar-refractivity contribution is 6.31. The van der Waals surface area contributed by atoms with Crippen LogP contribution in [-0.4, -0.2) is 13.7 Å². The number of hydrogen-bond acceptors (Lipinski definition) is 3. The molecule has 1 N–H and O–H groups in total. The Morgan fingerprint density at radius 3 is 2.52 bits per heavy atom. The van der Waals surface area contributed by atoms with E-state index in [9.17, 15) is 4.39 Å². The molecular formula is C23H22Cl2FNO2. The smallest absolute Gasteiger partial charge is 0.131 e. The Kier molecular flexibility index (Phi) is 7.76. The monoisotopic (exact) mass is 433 g/mol. The minimum atomic E-state index is -0.384. The number of nitrogens with one attached hydrogen (secondary N) is 1. The van der Waals surface area contributed by atoms with E-state index in [0.717, 1.165) is 24.3 Å². The van der Waals surface area contributed by atoms with Crippen LogP contribution in [0.15, 0.2) is 60.7 Å². The van der Waals surface area contributed by atoms with Crippen molar-refractivity contribution in [1.29, 1.82) is 0 Å². The van der Waals surface area contributed by atoms with Crippen LogP contribution in [0.2, 0.25) is 10.0 Å². The molecule has 3 nitrogen and oxygen atoms in total. The number of halogens is 3. The first-order chi connectivity index (χ1) is 14.1. The van der Waals surface area contributed by atoms with Gasteiger partial charge in [-0.3, -0.25) is 0 Å². The maximum Gasteiger partial charge on any atom is 0.131 e. The molecule has 29 heavy (non-hydrogen) atoms. The first kappa shape index (κ1) is 21.4. The van der Waals surface area contributed by atoms with E-state index in [0.29, 0.717) is 27.9 Å². The average molecular weight is 434 g/mol. The molecule has 0 aliphatic heterocycles. The second-order valence-electron chi connectivity index (χ2n) is 6.52. The van der Waals surface area contributed by atoms with Gasteiger partial charge in [0.05, 0.1) is 12.1 Å². The summed E-state index contributed by atoms with van der Waals surface area (Å²) in [6.07, 6.45) is 0.881. The van der Waals surface area contributed by atoms with Crippen LogP contribution in [0.25, 0.3) is 0 Å². The van der Waals surface area contributed by atoms with E-state index < -0.39 is 0 Å². The summed E-state index contributed by atoms with van der Waals surface area (Å²) in [5.74, 6) is 1.11. The van der Waals surface area contributed by atoms with Gasteiger partial charge < -0.3 is 14.8 Å². The van der Waals surface area contributed by atoms with Crippen molar-refractivity contribution in [2.24, 2.45) is 0 Å². The molecular weight excluding hydrogens is 412 g/mol. The third kappa shape index (κ3) is 6.10. The number of rotatable bonds is 9. The van der Waals surface area contributed by atoms with Gasteiger partial charge in [-0.15, -0.1) is 0 Å². The van der Waals surface area contributed by atoms with Crippen LogP contribution in [0, 0.1) is 5.82 Å². The number of methoxy groups -OCH3 is 1. The summed E-state index contributed by atoms with van der Waals surface area (Å²) in [6, 6.07) is 18.0. The average Bonchev–Trinajstić information content (AvgIpc) is 2.72. The van der Waals surface area contributed by atoms with Gasteiger partial charge in [0, 0.05) is 22.7 Å². The van der Waals surface area contributed by atoms with Crippen molar-refractivity contribution in [3.63, 3.8) is 0 Å². The van der Waals surface area contributed by atoms with Crippen LogP contribution in [0.4, 0.5) is 4.39 Å². The van der Waals surface area contributed by atoms with Gasteiger partial charge in [-0.05, 0) is 61.0 Å². The molecule has 0 amide bonds. The molecule has 3 aromatic rings. The van der Waals surface area contributed by atoms with Gasteiger partial charge in [-0.2, -0.15) is 0 Å². The van der Waals surface area contributed by atoms with Crippen molar-refractivity contribution >= 4 is 23.2 Å². The predicted molar refractivity (Wildman–Crippen MR) is 116 cm³/mol. The molecule has 0 radical (unpaired) electrons. The fourth-order valence-corrected chi connectivity index (χ4v) is 3.31. The first-order valence-electron chi connectivity index (χ1n) is 9.24. The molecule has 0 saturated carbocycles. The van der Waals surface area contributed by atoms with Crippen molar-refractivity contribution in [3.8, 4) is 11.5 Å². The topological polar surface area (TPSA) is 30.5 Å². The Labute approximate surface area is 180 Å². The Morgan fingerprint density at radius 1 is 1.00 bits per heavy atom. The number of hydrogen-bond donors (Lipinski definition) is 1. The van der Waals surface area contributed by atoms with Gasteiger partial charge in [-0.25, -0.2) is 4.39 Å². The summed E-state index contributed by atoms with van der Waals surface area (Å²) in [6.45, 7) is 1.42. The Balaban J connectivity index is 1.58. The fourth-order valence-electron chi connectivity index (χ4n) is 2.90. The van der Waals surface area contributed by atoms with Crippen LogP contribution in [-0.2, 0) is 19.6 Å². The van der Waals surface area contributed by atoms with Crippen molar-refractivity contribution in [3.05, 3.63) is 93.2 Å². The highest BCUT2D eigenvalue weighted by Gasteiger charge is 2.10. The summed E-state index contributed by atoms with van der Waals surface area (Å²) >= 11 is 12.2. The van der Waals surface area contributed by atoms with Gasteiger partial charge in [0.25, 0.3) is 0 Å². The summed E-state index contributed by atoms with van der Waals surface area (Å²) in [5.41, 5.74) is 2.46. The molecule has 0 aliphatic rings. The van der Waals surface area contributed by atoms with Gasteiger partial charge in [0.1, 0.15) is 23.9 Å². The Bertz CT molecular complexity index is 928. The van der Waals surface area contributed by atoms with Crippen LogP contribution in [0.5, 0.6) is 11.5 Å². The third-order valence-corrected chi connectivity index (χ3v) is 5.11. The van der Waals surface area contributed by atoms with E-state index in [1.165, 1.54) is 11.6 Å². The largest absolute Gasteiger partial charge is 0.497 e. The normalized spacial score (nSPS) is 10.8. The first-order valence-corrected chi connectivity index (χ1v) is 10.00. The lowest BCUT2D eigenvalue weighted by Crippen LogP contribution is -2.17. The third-order valence-electron chi connectivity index (χ3n) is 4.52. The Hall–Kier alpha value is -2.27. The number of ether oxygens (including phenoxy) is 2. The molecule has 6 heteroatoms. The highest BCUT2D eigenvalue weighted by Crippen LogP contribution is 2.26. The van der Waals surface area contributed by atoms with Gasteiger partial charge in [0.2, 0.25) is 0 Å². The zero-order valence-corrected chi connectivity index (χ0v) is 17.6. The van der Waals surface area contributed by atoms with E-state index in [-0.39, 0.29) is 12.4 Å². The minimum absolute atomic E-state index is 0.0476. The molecule has 0 atom stereocenters. The maximum atomic E-state index is 14.0. The molecule has 0 saturated heterocycles. The van der Waals surface area contributed by atoms with Crippen LogP contribution in [0.1, 0.15) is 16.7 Å². The highest BCUT2D eigenvalue weighted by atomic mass is 35.5. The predicted octanol–water partition coefficient (Wildman–Crippen LogP) is 6.05. The maximum absolute atomic E-state index is 14.0. The van der Waals surface area contributed by atoms with Crippen molar-refractivity contribution in [2.45, 2.75) is 19.6 Å². The lowest BCUT2D eigenvalue weighted by atomic mass is 10.1. The zero-order valence-electron chi connectivity index (χ0n) is 16.1. The summed E-state index contributed by atoms with van der Waals surface area (Å²) < 4.78 is 25.0. The van der Waals surface area contributed by atoms with Gasteiger partial charge in [0.15, 0.2) is 0 Å². The zero-order chi connectivity index (χ0) is 20.6. The second kappa shape index (κ2) is 10.5. The molecule has 0 aromatic heterocycles. The molecule has 3 rings (SSSR count).